The SMILES string of the molecule is O=c1c(CN2CCC3(CCOCC3)C2)ccc2n1C[C@H]1C[C@@H]2CN(c2ncccn2)C1. The summed E-state index contributed by atoms with van der Waals surface area (Å²) in [5.74, 6) is 1.65. The molecule has 0 aromatic carbocycles. The Morgan fingerprint density at radius 2 is 1.90 bits per heavy atom. The molecule has 0 unspecified atom stereocenters. The molecule has 31 heavy (non-hydrogen) atoms. The first-order chi connectivity index (χ1) is 15.2. The van der Waals surface area contributed by atoms with Crippen LogP contribution in [0.2, 0.25) is 0 Å². The first-order valence-corrected chi connectivity index (χ1v) is 11.7. The molecule has 2 bridgehead atoms. The Balaban J connectivity index is 1.20. The summed E-state index contributed by atoms with van der Waals surface area (Å²) in [5, 5.41) is 0. The predicted molar refractivity (Wildman–Crippen MR) is 118 cm³/mol. The van der Waals surface area contributed by atoms with E-state index >= 15 is 0 Å². The third-order valence-electron chi connectivity index (χ3n) is 7.98. The van der Waals surface area contributed by atoms with Crippen molar-refractivity contribution in [3.8, 4) is 0 Å². The third kappa shape index (κ3) is 3.57. The highest BCUT2D eigenvalue weighted by Gasteiger charge is 2.40. The van der Waals surface area contributed by atoms with Gasteiger partial charge in [-0.05, 0) is 55.7 Å². The van der Waals surface area contributed by atoms with Gasteiger partial charge in [0, 0.05) is 75.5 Å². The fourth-order valence-corrected chi connectivity index (χ4v) is 6.35. The molecule has 0 N–H and O–H groups in total. The largest absolute Gasteiger partial charge is 0.381 e. The highest BCUT2D eigenvalue weighted by Crippen LogP contribution is 2.40. The van der Waals surface area contributed by atoms with Crippen LogP contribution in [0.15, 0.2) is 35.4 Å². The summed E-state index contributed by atoms with van der Waals surface area (Å²) in [6.07, 6.45) is 8.33. The number of piperidine rings is 1. The van der Waals surface area contributed by atoms with Crippen molar-refractivity contribution in [2.24, 2.45) is 11.3 Å². The van der Waals surface area contributed by atoms with Crippen LogP contribution in [-0.4, -0.2) is 58.8 Å². The van der Waals surface area contributed by atoms with Crippen LogP contribution in [0.25, 0.3) is 0 Å². The average molecular weight is 422 g/mol. The lowest BCUT2D eigenvalue weighted by atomic mass is 9.80. The number of fused-ring (bicyclic) bond motifs is 4. The molecule has 164 valence electrons. The summed E-state index contributed by atoms with van der Waals surface area (Å²) < 4.78 is 7.66. The second-order valence-corrected chi connectivity index (χ2v) is 10.0. The number of hydrogen-bond donors (Lipinski definition) is 0. The fourth-order valence-electron chi connectivity index (χ4n) is 6.35. The van der Waals surface area contributed by atoms with Crippen molar-refractivity contribution >= 4 is 5.95 Å². The van der Waals surface area contributed by atoms with Crippen LogP contribution >= 0.6 is 0 Å². The molecule has 7 nitrogen and oxygen atoms in total. The molecule has 3 saturated heterocycles. The van der Waals surface area contributed by atoms with Gasteiger partial charge in [0.15, 0.2) is 0 Å². The minimum Gasteiger partial charge on any atom is -0.381 e. The monoisotopic (exact) mass is 421 g/mol. The molecule has 0 amide bonds. The molecule has 3 fully saturated rings. The Morgan fingerprint density at radius 3 is 2.74 bits per heavy atom. The zero-order valence-corrected chi connectivity index (χ0v) is 18.1. The second-order valence-electron chi connectivity index (χ2n) is 10.0. The molecular formula is C24H31N5O2. The summed E-state index contributed by atoms with van der Waals surface area (Å²) in [5.41, 5.74) is 2.79. The summed E-state index contributed by atoms with van der Waals surface area (Å²) in [4.78, 5) is 27.1. The van der Waals surface area contributed by atoms with Gasteiger partial charge in [0.05, 0.1) is 0 Å². The van der Waals surface area contributed by atoms with E-state index in [9.17, 15) is 4.79 Å². The molecule has 2 aromatic rings. The normalized spacial score (nSPS) is 27.4. The maximum absolute atomic E-state index is 13.4. The van der Waals surface area contributed by atoms with Crippen molar-refractivity contribution in [2.45, 2.75) is 44.7 Å². The van der Waals surface area contributed by atoms with Gasteiger partial charge in [0.1, 0.15) is 0 Å². The smallest absolute Gasteiger partial charge is 0.255 e. The average Bonchev–Trinajstić information content (AvgIpc) is 3.18. The van der Waals surface area contributed by atoms with Crippen molar-refractivity contribution in [3.05, 3.63) is 52.2 Å². The number of nitrogens with zero attached hydrogens (tertiary/aromatic N) is 5. The zero-order valence-electron chi connectivity index (χ0n) is 18.1. The summed E-state index contributed by atoms with van der Waals surface area (Å²) in [6.45, 7) is 7.38. The van der Waals surface area contributed by atoms with Crippen LogP contribution in [0, 0.1) is 11.3 Å². The number of pyridine rings is 1. The van der Waals surface area contributed by atoms with E-state index in [-0.39, 0.29) is 5.56 Å². The van der Waals surface area contributed by atoms with Crippen LogP contribution in [-0.2, 0) is 17.8 Å². The van der Waals surface area contributed by atoms with E-state index in [2.05, 4.69) is 36.5 Å². The highest BCUT2D eigenvalue weighted by molar-refractivity contribution is 5.34. The van der Waals surface area contributed by atoms with Crippen molar-refractivity contribution in [2.75, 3.05) is 44.3 Å². The summed E-state index contributed by atoms with van der Waals surface area (Å²) >= 11 is 0. The van der Waals surface area contributed by atoms with Gasteiger partial charge in [-0.1, -0.05) is 6.07 Å². The van der Waals surface area contributed by atoms with Gasteiger partial charge in [0.2, 0.25) is 5.95 Å². The number of anilines is 1. The van der Waals surface area contributed by atoms with Crippen LogP contribution < -0.4 is 10.5 Å². The Labute approximate surface area is 183 Å². The number of ether oxygens (including phenoxy) is 1. The van der Waals surface area contributed by atoms with Crippen molar-refractivity contribution in [3.63, 3.8) is 0 Å². The molecule has 0 saturated carbocycles. The third-order valence-corrected chi connectivity index (χ3v) is 7.98. The lowest BCUT2D eigenvalue weighted by Gasteiger charge is -2.43. The Bertz CT molecular complexity index is 1000. The first kappa shape index (κ1) is 19.4. The zero-order chi connectivity index (χ0) is 20.8. The maximum Gasteiger partial charge on any atom is 0.255 e. The fraction of sp³-hybridized carbons (Fsp3) is 0.625. The van der Waals surface area contributed by atoms with E-state index in [4.69, 9.17) is 4.74 Å². The van der Waals surface area contributed by atoms with Crippen LogP contribution in [0.4, 0.5) is 5.95 Å². The second kappa shape index (κ2) is 7.71. The molecule has 4 aliphatic rings. The van der Waals surface area contributed by atoms with E-state index in [1.54, 1.807) is 12.4 Å². The molecule has 0 aliphatic carbocycles. The minimum atomic E-state index is 0.226. The van der Waals surface area contributed by atoms with Crippen molar-refractivity contribution < 1.29 is 4.74 Å². The number of hydrogen-bond acceptors (Lipinski definition) is 6. The maximum atomic E-state index is 13.4. The molecule has 0 radical (unpaired) electrons. The molecule has 6 rings (SSSR count). The standard InChI is InChI=1S/C24H31N5O2/c30-22-19(15-27-9-4-24(17-27)5-10-31-11-6-24)2-3-21-20-12-18(14-29(21)22)13-28(16-20)23-25-7-1-8-26-23/h1-3,7-8,18,20H,4-6,9-17H2/t18-,20+/m0/s1. The van der Waals surface area contributed by atoms with Crippen LogP contribution in [0.1, 0.15) is 42.9 Å². The first-order valence-electron chi connectivity index (χ1n) is 11.7. The molecule has 7 heteroatoms. The van der Waals surface area contributed by atoms with Crippen LogP contribution in [0.5, 0.6) is 0 Å². The van der Waals surface area contributed by atoms with Gasteiger partial charge in [-0.2, -0.15) is 0 Å². The Kier molecular flexibility index (Phi) is 4.83. The van der Waals surface area contributed by atoms with Crippen molar-refractivity contribution in [1.82, 2.24) is 19.4 Å². The van der Waals surface area contributed by atoms with Gasteiger partial charge >= 0.3 is 0 Å². The summed E-state index contributed by atoms with van der Waals surface area (Å²) in [7, 11) is 0. The Hall–Kier alpha value is -2.25. The van der Waals surface area contributed by atoms with Crippen molar-refractivity contribution in [1.29, 1.82) is 0 Å². The van der Waals surface area contributed by atoms with E-state index in [0.717, 1.165) is 83.3 Å². The number of rotatable bonds is 3. The quantitative estimate of drug-likeness (QED) is 0.758. The predicted octanol–water partition coefficient (Wildman–Crippen LogP) is 2.26. The van der Waals surface area contributed by atoms with Crippen LogP contribution in [0.3, 0.4) is 0 Å². The molecule has 2 aromatic heterocycles. The van der Waals surface area contributed by atoms with Gasteiger partial charge in [0.25, 0.3) is 5.56 Å². The van der Waals surface area contributed by atoms with E-state index < -0.39 is 0 Å². The topological polar surface area (TPSA) is 63.5 Å². The van der Waals surface area contributed by atoms with Gasteiger partial charge in [-0.25, -0.2) is 9.97 Å². The van der Waals surface area contributed by atoms with Gasteiger partial charge in [-0.15, -0.1) is 0 Å². The lowest BCUT2D eigenvalue weighted by molar-refractivity contribution is 0.0190. The number of likely N-dealkylation sites (tertiary alicyclic amines) is 1. The molecule has 2 atom stereocenters. The lowest BCUT2D eigenvalue weighted by Crippen LogP contribution is -2.48. The van der Waals surface area contributed by atoms with E-state index in [0.29, 0.717) is 17.3 Å². The molecular weight excluding hydrogens is 390 g/mol. The van der Waals surface area contributed by atoms with E-state index in [1.165, 1.54) is 12.1 Å². The molecule has 4 aliphatic heterocycles. The molecule has 6 heterocycles. The van der Waals surface area contributed by atoms with Gasteiger partial charge in [-0.3, -0.25) is 9.69 Å². The summed E-state index contributed by atoms with van der Waals surface area (Å²) in [6, 6.07) is 6.17. The number of aromatic nitrogens is 3. The Morgan fingerprint density at radius 1 is 1.06 bits per heavy atom. The van der Waals surface area contributed by atoms with Gasteiger partial charge < -0.3 is 14.2 Å². The highest BCUT2D eigenvalue weighted by atomic mass is 16.5. The minimum absolute atomic E-state index is 0.226. The molecule has 1 spiro atoms. The van der Waals surface area contributed by atoms with E-state index in [1.807, 2.05) is 6.07 Å².